The zero-order valence-electron chi connectivity index (χ0n) is 16.8. The summed E-state index contributed by atoms with van der Waals surface area (Å²) in [5.41, 5.74) is 1.42. The number of rotatable bonds is 8. The fraction of sp³-hybridized carbons (Fsp3) is 0.0909. The Hall–Kier alpha value is -4.96. The molecular formula is C22H18N8O2. The Morgan fingerprint density at radius 1 is 0.875 bits per heavy atom. The smallest absolute Gasteiger partial charge is 0.262 e. The molecule has 0 aliphatic rings. The summed E-state index contributed by atoms with van der Waals surface area (Å²) >= 11 is 0. The summed E-state index contributed by atoms with van der Waals surface area (Å²) in [6.45, 7) is 0.388. The first kappa shape index (κ1) is 21.7. The first-order valence-electron chi connectivity index (χ1n) is 9.45. The van der Waals surface area contributed by atoms with Crippen LogP contribution < -0.4 is 10.6 Å². The Bertz CT molecular complexity index is 1130. The highest BCUT2D eigenvalue weighted by Crippen LogP contribution is 2.08. The van der Waals surface area contributed by atoms with Crippen molar-refractivity contribution in [2.75, 3.05) is 0 Å². The molecule has 0 fully saturated rings. The summed E-state index contributed by atoms with van der Waals surface area (Å²) in [4.78, 5) is 38.1. The molecule has 10 heteroatoms. The van der Waals surface area contributed by atoms with Gasteiger partial charge in [0, 0.05) is 50.0 Å². The van der Waals surface area contributed by atoms with E-state index in [0.29, 0.717) is 11.6 Å². The van der Waals surface area contributed by atoms with Gasteiger partial charge in [-0.15, -0.1) is 0 Å². The van der Waals surface area contributed by atoms with Crippen molar-refractivity contribution < 1.29 is 9.59 Å². The first-order chi connectivity index (χ1) is 15.6. The van der Waals surface area contributed by atoms with Gasteiger partial charge in [-0.2, -0.15) is 10.5 Å². The highest BCUT2D eigenvalue weighted by Gasteiger charge is 2.11. The number of aromatic nitrogens is 4. The molecule has 32 heavy (non-hydrogen) atoms. The zero-order chi connectivity index (χ0) is 22.8. The number of nitriles is 2. The maximum atomic E-state index is 12.3. The van der Waals surface area contributed by atoms with Gasteiger partial charge in [0.1, 0.15) is 34.9 Å². The number of carbonyl (C=O) groups is 2. The van der Waals surface area contributed by atoms with Crippen molar-refractivity contribution in [2.24, 2.45) is 0 Å². The molecule has 10 nitrogen and oxygen atoms in total. The predicted octanol–water partition coefficient (Wildman–Crippen LogP) is 1.58. The van der Waals surface area contributed by atoms with Crippen LogP contribution in [0.2, 0.25) is 0 Å². The molecule has 0 atom stereocenters. The van der Waals surface area contributed by atoms with Crippen LogP contribution in [0.5, 0.6) is 0 Å². The Balaban J connectivity index is 1.57. The van der Waals surface area contributed by atoms with Crippen molar-refractivity contribution >= 4 is 24.0 Å². The second-order valence-electron chi connectivity index (χ2n) is 6.47. The molecule has 0 unspecified atom stereocenters. The summed E-state index contributed by atoms with van der Waals surface area (Å²) in [5, 5.41) is 23.8. The van der Waals surface area contributed by atoms with Crippen LogP contribution in [-0.4, -0.2) is 31.8 Å². The second kappa shape index (κ2) is 10.7. The standard InChI is InChI=1S/C22H18N8O2/c23-11-17(9-19-25-4-5-26-19)21(31)29-13-15-2-1-3-16(8-15)14-30-22(32)18(12-24)10-20-27-6-7-28-20/h1-10H,13-14H2,(H,25,26)(H,27,28)(H,29,31)(H,30,32)/b17-9-,18-10-. The molecule has 0 aliphatic heterocycles. The quantitative estimate of drug-likeness (QED) is 0.315. The van der Waals surface area contributed by atoms with Crippen molar-refractivity contribution in [3.8, 4) is 12.1 Å². The average Bonchev–Trinajstić information content (AvgIpc) is 3.52. The second-order valence-corrected chi connectivity index (χ2v) is 6.47. The summed E-state index contributed by atoms with van der Waals surface area (Å²) in [6.07, 6.45) is 8.96. The van der Waals surface area contributed by atoms with E-state index in [-0.39, 0.29) is 24.2 Å². The lowest BCUT2D eigenvalue weighted by Gasteiger charge is -2.08. The lowest BCUT2D eigenvalue weighted by Crippen LogP contribution is -2.25. The fourth-order valence-electron chi connectivity index (χ4n) is 2.69. The van der Waals surface area contributed by atoms with Crippen molar-refractivity contribution in [3.05, 3.63) is 83.0 Å². The minimum atomic E-state index is -0.524. The third-order valence-electron chi connectivity index (χ3n) is 4.23. The van der Waals surface area contributed by atoms with Gasteiger partial charge in [-0.3, -0.25) is 9.59 Å². The van der Waals surface area contributed by atoms with Gasteiger partial charge in [0.25, 0.3) is 11.8 Å². The van der Waals surface area contributed by atoms with Crippen LogP contribution in [0.4, 0.5) is 0 Å². The molecule has 0 bridgehead atoms. The third-order valence-corrected chi connectivity index (χ3v) is 4.23. The van der Waals surface area contributed by atoms with Crippen molar-refractivity contribution in [1.82, 2.24) is 30.6 Å². The van der Waals surface area contributed by atoms with Crippen LogP contribution in [-0.2, 0) is 22.7 Å². The van der Waals surface area contributed by atoms with Gasteiger partial charge < -0.3 is 20.6 Å². The largest absolute Gasteiger partial charge is 0.347 e. The number of nitrogens with one attached hydrogen (secondary N) is 4. The number of amides is 2. The van der Waals surface area contributed by atoms with Crippen LogP contribution in [0.25, 0.3) is 12.2 Å². The number of nitrogens with zero attached hydrogens (tertiary/aromatic N) is 4. The highest BCUT2D eigenvalue weighted by molar-refractivity contribution is 6.01. The van der Waals surface area contributed by atoms with E-state index >= 15 is 0 Å². The van der Waals surface area contributed by atoms with Gasteiger partial charge >= 0.3 is 0 Å². The summed E-state index contributed by atoms with van der Waals surface area (Å²) < 4.78 is 0. The van der Waals surface area contributed by atoms with E-state index in [4.69, 9.17) is 0 Å². The first-order valence-corrected chi connectivity index (χ1v) is 9.45. The molecule has 0 saturated carbocycles. The van der Waals surface area contributed by atoms with Crippen LogP contribution in [0.1, 0.15) is 22.8 Å². The van der Waals surface area contributed by atoms with E-state index < -0.39 is 11.8 Å². The fourth-order valence-corrected chi connectivity index (χ4v) is 2.69. The van der Waals surface area contributed by atoms with Crippen LogP contribution in [0.3, 0.4) is 0 Å². The zero-order valence-corrected chi connectivity index (χ0v) is 16.8. The maximum Gasteiger partial charge on any atom is 0.262 e. The number of hydrogen-bond acceptors (Lipinski definition) is 6. The molecule has 3 aromatic rings. The molecule has 0 aliphatic carbocycles. The minimum Gasteiger partial charge on any atom is -0.347 e. The number of hydrogen-bond donors (Lipinski definition) is 4. The van der Waals surface area contributed by atoms with Crippen molar-refractivity contribution in [3.63, 3.8) is 0 Å². The van der Waals surface area contributed by atoms with Gasteiger partial charge in [0.05, 0.1) is 0 Å². The minimum absolute atomic E-state index is 0.0734. The number of benzene rings is 1. The van der Waals surface area contributed by atoms with E-state index in [1.807, 2.05) is 30.3 Å². The lowest BCUT2D eigenvalue weighted by molar-refractivity contribution is -0.118. The Labute approximate surface area is 183 Å². The van der Waals surface area contributed by atoms with Crippen molar-refractivity contribution in [1.29, 1.82) is 10.5 Å². The highest BCUT2D eigenvalue weighted by atomic mass is 16.2. The monoisotopic (exact) mass is 426 g/mol. The summed E-state index contributed by atoms with van der Waals surface area (Å²) in [6, 6.07) is 10.9. The van der Waals surface area contributed by atoms with E-state index in [1.54, 1.807) is 18.5 Å². The topological polar surface area (TPSA) is 163 Å². The number of H-pyrrole nitrogens is 2. The van der Waals surface area contributed by atoms with E-state index in [1.165, 1.54) is 24.5 Å². The maximum absolute atomic E-state index is 12.3. The molecule has 2 aromatic heterocycles. The molecule has 1 aromatic carbocycles. The van der Waals surface area contributed by atoms with Gasteiger partial charge in [-0.1, -0.05) is 24.3 Å². The molecule has 4 N–H and O–H groups in total. The van der Waals surface area contributed by atoms with E-state index in [9.17, 15) is 20.1 Å². The Morgan fingerprint density at radius 3 is 1.72 bits per heavy atom. The van der Waals surface area contributed by atoms with Crippen LogP contribution in [0.15, 0.2) is 60.2 Å². The molecule has 0 saturated heterocycles. The molecule has 3 rings (SSSR count). The predicted molar refractivity (Wildman–Crippen MR) is 114 cm³/mol. The summed E-state index contributed by atoms with van der Waals surface area (Å²) in [7, 11) is 0. The third kappa shape index (κ3) is 6.02. The van der Waals surface area contributed by atoms with E-state index in [2.05, 4.69) is 30.6 Å². The van der Waals surface area contributed by atoms with Crippen LogP contribution >= 0.6 is 0 Å². The van der Waals surface area contributed by atoms with Gasteiger partial charge in [0.2, 0.25) is 0 Å². The molecule has 2 amide bonds. The molecule has 0 radical (unpaired) electrons. The number of carbonyl (C=O) groups excluding carboxylic acids is 2. The van der Waals surface area contributed by atoms with E-state index in [0.717, 1.165) is 11.1 Å². The number of aromatic amines is 2. The van der Waals surface area contributed by atoms with Crippen LogP contribution in [0, 0.1) is 22.7 Å². The molecular weight excluding hydrogens is 408 g/mol. The molecule has 0 spiro atoms. The van der Waals surface area contributed by atoms with Crippen molar-refractivity contribution in [2.45, 2.75) is 13.1 Å². The average molecular weight is 426 g/mol. The SMILES string of the molecule is N#C/C(=C/c1ncc[nH]1)C(=O)NCc1cccc(CNC(=O)/C(C#N)=C\c2ncc[nH]2)c1. The molecule has 2 heterocycles. The van der Waals surface area contributed by atoms with Gasteiger partial charge in [-0.05, 0) is 11.1 Å². The normalized spacial score (nSPS) is 11.3. The Morgan fingerprint density at radius 2 is 1.34 bits per heavy atom. The molecule has 158 valence electrons. The van der Waals surface area contributed by atoms with Gasteiger partial charge in [0.15, 0.2) is 0 Å². The Kier molecular flexibility index (Phi) is 7.28. The number of imidazole rings is 2. The van der Waals surface area contributed by atoms with Gasteiger partial charge in [-0.25, -0.2) is 9.97 Å². The lowest BCUT2D eigenvalue weighted by atomic mass is 10.1. The summed E-state index contributed by atoms with van der Waals surface area (Å²) in [5.74, 6) is -0.229.